The smallest absolute Gasteiger partial charge is 0.257 e. The number of hydrogen-bond donors (Lipinski definition) is 2. The highest BCUT2D eigenvalue weighted by atomic mass is 16.5. The van der Waals surface area contributed by atoms with Gasteiger partial charge in [-0.1, -0.05) is 11.8 Å². The van der Waals surface area contributed by atoms with Gasteiger partial charge in [0, 0.05) is 23.6 Å². The average Bonchev–Trinajstić information content (AvgIpc) is 2.54. The van der Waals surface area contributed by atoms with Gasteiger partial charge in [-0.2, -0.15) is 0 Å². The van der Waals surface area contributed by atoms with Crippen molar-refractivity contribution < 1.29 is 9.53 Å². The minimum absolute atomic E-state index is 0.246. The molecule has 1 aromatic carbocycles. The van der Waals surface area contributed by atoms with Gasteiger partial charge in [-0.05, 0) is 30.3 Å². The minimum Gasteiger partial charge on any atom is -0.497 e. The molecule has 0 radical (unpaired) electrons. The van der Waals surface area contributed by atoms with E-state index in [9.17, 15) is 4.79 Å². The molecule has 0 bridgehead atoms. The van der Waals surface area contributed by atoms with E-state index < -0.39 is 0 Å². The van der Waals surface area contributed by atoms with E-state index in [1.807, 2.05) is 0 Å². The molecule has 1 heterocycles. The molecule has 0 aliphatic carbocycles. The number of nitrogens with one attached hydrogen (secondary N) is 1. The summed E-state index contributed by atoms with van der Waals surface area (Å²) >= 11 is 0. The molecule has 106 valence electrons. The molecule has 5 nitrogen and oxygen atoms in total. The Kier molecular flexibility index (Phi) is 4.91. The summed E-state index contributed by atoms with van der Waals surface area (Å²) in [7, 11) is 1.59. The zero-order valence-electron chi connectivity index (χ0n) is 11.6. The van der Waals surface area contributed by atoms with Crippen molar-refractivity contribution >= 4 is 11.6 Å². The van der Waals surface area contributed by atoms with Crippen molar-refractivity contribution in [1.29, 1.82) is 0 Å². The van der Waals surface area contributed by atoms with Crippen molar-refractivity contribution in [3.63, 3.8) is 0 Å². The van der Waals surface area contributed by atoms with E-state index >= 15 is 0 Å². The van der Waals surface area contributed by atoms with Crippen LogP contribution in [-0.4, -0.2) is 24.5 Å². The lowest BCUT2D eigenvalue weighted by Crippen LogP contribution is -2.12. The summed E-state index contributed by atoms with van der Waals surface area (Å²) in [6.07, 6.45) is 3.08. The summed E-state index contributed by atoms with van der Waals surface area (Å²) in [6, 6.07) is 8.76. The Bertz CT molecular complexity index is 685. The maximum atomic E-state index is 12.1. The molecular weight excluding hydrogens is 266 g/mol. The van der Waals surface area contributed by atoms with Crippen LogP contribution in [0.5, 0.6) is 5.75 Å². The number of nitrogens with zero attached hydrogens (tertiary/aromatic N) is 1. The van der Waals surface area contributed by atoms with Crippen molar-refractivity contribution in [3.8, 4) is 17.6 Å². The molecule has 0 aliphatic rings. The Morgan fingerprint density at radius 1 is 1.33 bits per heavy atom. The molecule has 3 N–H and O–H groups in total. The van der Waals surface area contributed by atoms with Crippen LogP contribution in [0.15, 0.2) is 42.7 Å². The minimum atomic E-state index is -0.246. The molecule has 2 rings (SSSR count). The van der Waals surface area contributed by atoms with E-state index in [2.05, 4.69) is 22.1 Å². The van der Waals surface area contributed by atoms with E-state index in [4.69, 9.17) is 10.5 Å². The van der Waals surface area contributed by atoms with Gasteiger partial charge in [0.2, 0.25) is 0 Å². The van der Waals surface area contributed by atoms with Gasteiger partial charge >= 0.3 is 0 Å². The number of carbonyl (C=O) groups is 1. The van der Waals surface area contributed by atoms with Gasteiger partial charge < -0.3 is 15.8 Å². The van der Waals surface area contributed by atoms with Crippen molar-refractivity contribution in [2.75, 3.05) is 19.0 Å². The van der Waals surface area contributed by atoms with Crippen LogP contribution in [0.1, 0.15) is 15.9 Å². The van der Waals surface area contributed by atoms with Crippen LogP contribution in [-0.2, 0) is 0 Å². The molecule has 2 aromatic rings. The normalized spacial score (nSPS) is 9.43. The van der Waals surface area contributed by atoms with Gasteiger partial charge in [0.25, 0.3) is 5.91 Å². The Morgan fingerprint density at radius 3 is 2.76 bits per heavy atom. The third kappa shape index (κ3) is 4.06. The topological polar surface area (TPSA) is 77.2 Å². The number of ether oxygens (including phenoxy) is 1. The van der Waals surface area contributed by atoms with Gasteiger partial charge in [-0.3, -0.25) is 9.78 Å². The molecule has 1 aromatic heterocycles. The molecule has 0 spiro atoms. The van der Waals surface area contributed by atoms with E-state index in [0.717, 1.165) is 5.75 Å². The maximum absolute atomic E-state index is 12.1. The molecule has 0 unspecified atom stereocenters. The van der Waals surface area contributed by atoms with Crippen LogP contribution in [0.3, 0.4) is 0 Å². The molecule has 1 amide bonds. The van der Waals surface area contributed by atoms with Crippen molar-refractivity contribution in [2.45, 2.75) is 0 Å². The molecule has 0 atom stereocenters. The number of methoxy groups -OCH3 is 1. The largest absolute Gasteiger partial charge is 0.497 e. The molecule has 0 saturated carbocycles. The number of aromatic nitrogens is 1. The molecular formula is C16H15N3O2. The SMILES string of the molecule is COc1ccc(NC(=O)c2cncc(C#CCN)c2)cc1. The van der Waals surface area contributed by atoms with Crippen molar-refractivity contribution in [3.05, 3.63) is 53.9 Å². The fourth-order valence-electron chi connectivity index (χ4n) is 1.66. The highest BCUT2D eigenvalue weighted by Gasteiger charge is 2.07. The second-order valence-electron chi connectivity index (χ2n) is 4.15. The van der Waals surface area contributed by atoms with Crippen LogP contribution >= 0.6 is 0 Å². The second-order valence-corrected chi connectivity index (χ2v) is 4.15. The van der Waals surface area contributed by atoms with Gasteiger partial charge in [0.05, 0.1) is 19.2 Å². The fraction of sp³-hybridized carbons (Fsp3) is 0.125. The number of nitrogens with two attached hydrogens (primary N) is 1. The third-order valence-corrected chi connectivity index (χ3v) is 2.68. The summed E-state index contributed by atoms with van der Waals surface area (Å²) in [5.41, 5.74) is 7.09. The Hall–Kier alpha value is -2.84. The number of benzene rings is 1. The van der Waals surface area contributed by atoms with Gasteiger partial charge in [0.1, 0.15) is 5.75 Å². The van der Waals surface area contributed by atoms with Crippen LogP contribution in [0.4, 0.5) is 5.69 Å². The zero-order valence-corrected chi connectivity index (χ0v) is 11.6. The number of pyridine rings is 1. The lowest BCUT2D eigenvalue weighted by molar-refractivity contribution is 0.102. The van der Waals surface area contributed by atoms with Gasteiger partial charge in [0.15, 0.2) is 0 Å². The summed E-state index contributed by atoms with van der Waals surface area (Å²) < 4.78 is 5.06. The van der Waals surface area contributed by atoms with E-state index in [0.29, 0.717) is 16.8 Å². The van der Waals surface area contributed by atoms with E-state index in [1.165, 1.54) is 6.20 Å². The number of anilines is 1. The third-order valence-electron chi connectivity index (χ3n) is 2.68. The van der Waals surface area contributed by atoms with E-state index in [-0.39, 0.29) is 12.5 Å². The Balaban J connectivity index is 2.12. The number of hydrogen-bond acceptors (Lipinski definition) is 4. The molecule has 0 aliphatic heterocycles. The summed E-state index contributed by atoms with van der Waals surface area (Å²) in [5.74, 6) is 6.05. The predicted octanol–water partition coefficient (Wildman–Crippen LogP) is 1.65. The highest BCUT2D eigenvalue weighted by Crippen LogP contribution is 2.15. The van der Waals surface area contributed by atoms with Crippen LogP contribution in [0.25, 0.3) is 0 Å². The maximum Gasteiger partial charge on any atom is 0.257 e. The number of rotatable bonds is 3. The molecule has 5 heteroatoms. The molecule has 21 heavy (non-hydrogen) atoms. The lowest BCUT2D eigenvalue weighted by Gasteiger charge is -2.06. The first-order valence-electron chi connectivity index (χ1n) is 6.32. The zero-order chi connectivity index (χ0) is 15.1. The van der Waals surface area contributed by atoms with Crippen molar-refractivity contribution in [2.24, 2.45) is 5.73 Å². The first-order valence-corrected chi connectivity index (χ1v) is 6.32. The van der Waals surface area contributed by atoms with Gasteiger partial charge in [-0.25, -0.2) is 0 Å². The fourth-order valence-corrected chi connectivity index (χ4v) is 1.66. The van der Waals surface area contributed by atoms with Crippen LogP contribution in [0.2, 0.25) is 0 Å². The second kappa shape index (κ2) is 7.08. The Morgan fingerprint density at radius 2 is 2.10 bits per heavy atom. The first-order chi connectivity index (χ1) is 10.2. The predicted molar refractivity (Wildman–Crippen MR) is 81.1 cm³/mol. The summed E-state index contributed by atoms with van der Waals surface area (Å²) in [4.78, 5) is 16.1. The molecule has 0 saturated heterocycles. The first kappa shape index (κ1) is 14.6. The number of amides is 1. The van der Waals surface area contributed by atoms with Crippen LogP contribution in [0, 0.1) is 11.8 Å². The van der Waals surface area contributed by atoms with Crippen molar-refractivity contribution in [1.82, 2.24) is 4.98 Å². The lowest BCUT2D eigenvalue weighted by atomic mass is 10.2. The molecule has 0 fully saturated rings. The average molecular weight is 281 g/mol. The standard InChI is InChI=1S/C16H15N3O2/c1-21-15-6-4-14(5-7-15)19-16(20)13-9-12(3-2-8-17)10-18-11-13/h4-7,9-11H,8,17H2,1H3,(H,19,20). The quantitative estimate of drug-likeness (QED) is 0.839. The van der Waals surface area contributed by atoms with E-state index in [1.54, 1.807) is 43.6 Å². The highest BCUT2D eigenvalue weighted by molar-refractivity contribution is 6.04. The van der Waals surface area contributed by atoms with Crippen LogP contribution < -0.4 is 15.8 Å². The monoisotopic (exact) mass is 281 g/mol. The Labute approximate surface area is 123 Å². The summed E-state index contributed by atoms with van der Waals surface area (Å²) in [5, 5.41) is 2.79. The summed E-state index contributed by atoms with van der Waals surface area (Å²) in [6.45, 7) is 0.266. The van der Waals surface area contributed by atoms with Gasteiger partial charge in [-0.15, -0.1) is 0 Å². The number of carbonyl (C=O) groups excluding carboxylic acids is 1.